The maximum atomic E-state index is 13.6. The van der Waals surface area contributed by atoms with Crippen molar-refractivity contribution in [1.82, 2.24) is 5.32 Å². The van der Waals surface area contributed by atoms with Crippen molar-refractivity contribution in [2.24, 2.45) is 0 Å². The van der Waals surface area contributed by atoms with Crippen molar-refractivity contribution in [3.05, 3.63) is 52.7 Å². The van der Waals surface area contributed by atoms with Crippen molar-refractivity contribution in [3.63, 3.8) is 0 Å². The van der Waals surface area contributed by atoms with Crippen LogP contribution in [0.4, 0.5) is 4.39 Å². The number of nitrogens with one attached hydrogen (secondary N) is 1. The molecule has 0 aliphatic carbocycles. The van der Waals surface area contributed by atoms with E-state index in [1.54, 1.807) is 13.0 Å². The predicted molar refractivity (Wildman–Crippen MR) is 72.6 cm³/mol. The fourth-order valence-electron chi connectivity index (χ4n) is 1.77. The highest BCUT2D eigenvalue weighted by Crippen LogP contribution is 2.23. The number of furan rings is 1. The average Bonchev–Trinajstić information content (AvgIpc) is 2.84. The summed E-state index contributed by atoms with van der Waals surface area (Å²) in [4.78, 5) is 11.9. The molecule has 0 saturated heterocycles. The zero-order chi connectivity index (χ0) is 14.7. The van der Waals surface area contributed by atoms with Gasteiger partial charge in [-0.25, -0.2) is 4.39 Å². The van der Waals surface area contributed by atoms with Gasteiger partial charge in [-0.1, -0.05) is 6.07 Å². The molecule has 1 N–H and O–H groups in total. The molecule has 2 rings (SSSR count). The molecule has 6 heteroatoms. The zero-order valence-electron chi connectivity index (χ0n) is 10.9. The van der Waals surface area contributed by atoms with Gasteiger partial charge in [-0.05, 0) is 42.3 Å². The van der Waals surface area contributed by atoms with Gasteiger partial charge >= 0.3 is 0 Å². The smallest absolute Gasteiger partial charge is 0.256 e. The third-order valence-electron chi connectivity index (χ3n) is 2.89. The highest BCUT2D eigenvalue weighted by atomic mass is 35.5. The summed E-state index contributed by atoms with van der Waals surface area (Å²) >= 11 is 5.72. The lowest BCUT2D eigenvalue weighted by Crippen LogP contribution is -2.26. The Balaban J connectivity index is 2.12. The third-order valence-corrected chi connectivity index (χ3v) is 3.18. The molecule has 0 bridgehead atoms. The maximum Gasteiger partial charge on any atom is 0.256 e. The van der Waals surface area contributed by atoms with Crippen molar-refractivity contribution in [1.29, 1.82) is 0 Å². The first-order chi connectivity index (χ1) is 9.52. The van der Waals surface area contributed by atoms with Crippen LogP contribution in [0.15, 0.2) is 34.9 Å². The molecule has 1 unspecified atom stereocenters. The number of carbonyl (C=O) groups excluding carboxylic acids is 1. The number of halogens is 2. The minimum atomic E-state index is -0.479. The molecule has 1 amide bonds. The predicted octanol–water partition coefficient (Wildman–Crippen LogP) is 3.57. The van der Waals surface area contributed by atoms with Crippen molar-refractivity contribution in [3.8, 4) is 5.75 Å². The summed E-state index contributed by atoms with van der Waals surface area (Å²) in [6, 6.07) is 5.61. The second kappa shape index (κ2) is 5.96. The number of rotatable bonds is 4. The lowest BCUT2D eigenvalue weighted by molar-refractivity contribution is 0.0939. The summed E-state index contributed by atoms with van der Waals surface area (Å²) in [6.45, 7) is 1.74. The number of methoxy groups -OCH3 is 1. The van der Waals surface area contributed by atoms with E-state index in [-0.39, 0.29) is 28.5 Å². The molecule has 0 radical (unpaired) electrons. The molecule has 20 heavy (non-hydrogen) atoms. The van der Waals surface area contributed by atoms with Crippen LogP contribution in [-0.2, 0) is 0 Å². The Hall–Kier alpha value is -2.01. The first-order valence-corrected chi connectivity index (χ1v) is 6.28. The fourth-order valence-corrected chi connectivity index (χ4v) is 1.97. The maximum absolute atomic E-state index is 13.6. The molecule has 106 valence electrons. The Morgan fingerprint density at radius 2 is 2.20 bits per heavy atom. The first-order valence-electron chi connectivity index (χ1n) is 5.90. The summed E-state index contributed by atoms with van der Waals surface area (Å²) < 4.78 is 23.3. The van der Waals surface area contributed by atoms with Crippen molar-refractivity contribution in [2.75, 3.05) is 7.11 Å². The van der Waals surface area contributed by atoms with Gasteiger partial charge in [-0.15, -0.1) is 0 Å². The van der Waals surface area contributed by atoms with Crippen molar-refractivity contribution >= 4 is 17.5 Å². The minimum absolute atomic E-state index is 0.0237. The molecular formula is C14H13ClFNO3. The number of ether oxygens (including phenoxy) is 1. The minimum Gasteiger partial charge on any atom is -0.494 e. The van der Waals surface area contributed by atoms with Crippen LogP contribution in [0.5, 0.6) is 5.75 Å². The normalized spacial score (nSPS) is 12.0. The van der Waals surface area contributed by atoms with Gasteiger partial charge in [-0.3, -0.25) is 4.79 Å². The van der Waals surface area contributed by atoms with E-state index >= 15 is 0 Å². The number of amides is 1. The number of hydrogen-bond acceptors (Lipinski definition) is 3. The SMILES string of the molecule is COc1ccc(C(C)NC(=O)c2ccoc2Cl)cc1F. The molecule has 2 aromatic rings. The van der Waals surface area contributed by atoms with E-state index in [9.17, 15) is 9.18 Å². The Morgan fingerprint density at radius 1 is 1.45 bits per heavy atom. The quantitative estimate of drug-likeness (QED) is 0.938. The highest BCUT2D eigenvalue weighted by Gasteiger charge is 2.17. The summed E-state index contributed by atoms with van der Waals surface area (Å²) in [5, 5.41) is 2.74. The highest BCUT2D eigenvalue weighted by molar-refractivity contribution is 6.32. The largest absolute Gasteiger partial charge is 0.494 e. The van der Waals surface area contributed by atoms with Gasteiger partial charge in [0.05, 0.1) is 25.0 Å². The molecule has 1 heterocycles. The molecular weight excluding hydrogens is 285 g/mol. The van der Waals surface area contributed by atoms with E-state index in [1.807, 2.05) is 0 Å². The molecule has 0 saturated carbocycles. The number of benzene rings is 1. The van der Waals surface area contributed by atoms with Gasteiger partial charge in [0.25, 0.3) is 5.91 Å². The molecule has 1 aromatic carbocycles. The Labute approximate surface area is 120 Å². The van der Waals surface area contributed by atoms with Crippen LogP contribution in [0.1, 0.15) is 28.9 Å². The average molecular weight is 298 g/mol. The van der Waals surface area contributed by atoms with Gasteiger partial charge in [0.2, 0.25) is 5.22 Å². The van der Waals surface area contributed by atoms with Gasteiger partial charge in [0.1, 0.15) is 0 Å². The standard InChI is InChI=1S/C14H13ClFNO3/c1-8(9-3-4-12(19-2)11(16)7-9)17-14(18)10-5-6-20-13(10)15/h3-8H,1-2H3,(H,17,18). The second-order valence-corrected chi connectivity index (χ2v) is 4.54. The summed E-state index contributed by atoms with van der Waals surface area (Å²) in [6.07, 6.45) is 1.33. The lowest BCUT2D eigenvalue weighted by Gasteiger charge is -2.14. The lowest BCUT2D eigenvalue weighted by atomic mass is 10.1. The van der Waals surface area contributed by atoms with Crippen LogP contribution >= 0.6 is 11.6 Å². The Bertz CT molecular complexity index is 627. The van der Waals surface area contributed by atoms with Crippen LogP contribution in [-0.4, -0.2) is 13.0 Å². The fraction of sp³-hybridized carbons (Fsp3) is 0.214. The van der Waals surface area contributed by atoms with Gasteiger partial charge in [0, 0.05) is 0 Å². The molecule has 0 aliphatic heterocycles. The molecule has 1 aromatic heterocycles. The van der Waals surface area contributed by atoms with E-state index < -0.39 is 5.82 Å². The van der Waals surface area contributed by atoms with Crippen molar-refractivity contribution in [2.45, 2.75) is 13.0 Å². The molecule has 0 aliphatic rings. The molecule has 1 atom stereocenters. The van der Waals surface area contributed by atoms with Crippen LogP contribution in [0.2, 0.25) is 5.22 Å². The molecule has 0 fully saturated rings. The number of carbonyl (C=O) groups is 1. The van der Waals surface area contributed by atoms with E-state index in [0.29, 0.717) is 5.56 Å². The molecule has 0 spiro atoms. The zero-order valence-corrected chi connectivity index (χ0v) is 11.7. The van der Waals surface area contributed by atoms with E-state index in [0.717, 1.165) is 0 Å². The van der Waals surface area contributed by atoms with E-state index in [1.165, 1.54) is 31.6 Å². The second-order valence-electron chi connectivity index (χ2n) is 4.20. The monoisotopic (exact) mass is 297 g/mol. The van der Waals surface area contributed by atoms with Gasteiger partial charge in [-0.2, -0.15) is 0 Å². The van der Waals surface area contributed by atoms with Crippen LogP contribution in [0.25, 0.3) is 0 Å². The molecule has 4 nitrogen and oxygen atoms in total. The van der Waals surface area contributed by atoms with Gasteiger partial charge in [0.15, 0.2) is 11.6 Å². The summed E-state index contributed by atoms with van der Waals surface area (Å²) in [5.74, 6) is -0.704. The van der Waals surface area contributed by atoms with Crippen LogP contribution in [0, 0.1) is 5.82 Å². The van der Waals surface area contributed by atoms with Crippen molar-refractivity contribution < 1.29 is 18.3 Å². The van der Waals surface area contributed by atoms with Crippen LogP contribution in [0.3, 0.4) is 0 Å². The first kappa shape index (κ1) is 14.4. The topological polar surface area (TPSA) is 51.5 Å². The Morgan fingerprint density at radius 3 is 2.75 bits per heavy atom. The van der Waals surface area contributed by atoms with Gasteiger partial charge < -0.3 is 14.5 Å². The van der Waals surface area contributed by atoms with Crippen LogP contribution < -0.4 is 10.1 Å². The Kier molecular flexibility index (Phi) is 4.29. The van der Waals surface area contributed by atoms with E-state index in [2.05, 4.69) is 5.32 Å². The summed E-state index contributed by atoms with van der Waals surface area (Å²) in [7, 11) is 1.39. The van der Waals surface area contributed by atoms with E-state index in [4.69, 9.17) is 20.8 Å². The summed E-state index contributed by atoms with van der Waals surface area (Å²) in [5.41, 5.74) is 0.865. The third kappa shape index (κ3) is 2.93. The number of hydrogen-bond donors (Lipinski definition) is 1.